The maximum Gasteiger partial charge on any atom is 0.150 e. The lowest BCUT2D eigenvalue weighted by Crippen LogP contribution is -2.15. The van der Waals surface area contributed by atoms with Crippen LogP contribution in [-0.2, 0) is 32.1 Å². The van der Waals surface area contributed by atoms with Crippen LogP contribution < -0.4 is 0 Å². The predicted octanol–water partition coefficient (Wildman–Crippen LogP) is 19.9. The summed E-state index contributed by atoms with van der Waals surface area (Å²) < 4.78 is 0. The molecule has 0 aliphatic carbocycles. The Balaban J connectivity index is 3.47. The van der Waals surface area contributed by atoms with E-state index in [9.17, 15) is 4.79 Å². The minimum absolute atomic E-state index is 1.13. The van der Waals surface area contributed by atoms with Gasteiger partial charge in [-0.1, -0.05) is 259 Å². The van der Waals surface area contributed by atoms with Crippen LogP contribution in [0.1, 0.15) is 330 Å². The minimum atomic E-state index is 1.13. The lowest BCUT2D eigenvalue weighted by Gasteiger charge is -2.26. The highest BCUT2D eigenvalue weighted by molar-refractivity contribution is 5.82. The molecule has 1 heteroatoms. The van der Waals surface area contributed by atoms with Crippen molar-refractivity contribution in [2.45, 2.75) is 324 Å². The Hall–Kier alpha value is -1.11. The van der Waals surface area contributed by atoms with Crippen LogP contribution >= 0.6 is 0 Å². The molecule has 1 nitrogen and oxygen atoms in total. The fourth-order valence-electron chi connectivity index (χ4n) is 9.85. The molecule has 58 heavy (non-hydrogen) atoms. The Morgan fingerprint density at radius 2 is 0.379 bits per heavy atom. The van der Waals surface area contributed by atoms with Crippen molar-refractivity contribution in [1.29, 1.82) is 0 Å². The van der Waals surface area contributed by atoms with E-state index in [1.165, 1.54) is 299 Å². The third kappa shape index (κ3) is 28.4. The van der Waals surface area contributed by atoms with Crippen LogP contribution in [0.2, 0.25) is 0 Å². The van der Waals surface area contributed by atoms with Crippen LogP contribution in [0.3, 0.4) is 0 Å². The summed E-state index contributed by atoms with van der Waals surface area (Å²) in [7, 11) is 0. The first-order chi connectivity index (χ1) is 28.7. The van der Waals surface area contributed by atoms with Crippen LogP contribution in [0, 0.1) is 0 Å². The quantitative estimate of drug-likeness (QED) is 0.0474. The Bertz CT molecular complexity index is 956. The predicted molar refractivity (Wildman–Crippen MR) is 263 cm³/mol. The van der Waals surface area contributed by atoms with E-state index in [0.29, 0.717) is 0 Å². The van der Waals surface area contributed by atoms with Crippen molar-refractivity contribution in [3.05, 3.63) is 33.4 Å². The van der Waals surface area contributed by atoms with Gasteiger partial charge in [-0.25, -0.2) is 0 Å². The summed E-state index contributed by atoms with van der Waals surface area (Å²) >= 11 is 0. The van der Waals surface area contributed by atoms with Gasteiger partial charge in [0.2, 0.25) is 0 Å². The van der Waals surface area contributed by atoms with Crippen molar-refractivity contribution in [3.63, 3.8) is 0 Å². The summed E-state index contributed by atoms with van der Waals surface area (Å²) in [6, 6.07) is 0. The molecule has 0 radical (unpaired) electrons. The van der Waals surface area contributed by atoms with Crippen LogP contribution in [0.15, 0.2) is 0 Å². The van der Waals surface area contributed by atoms with Gasteiger partial charge in [-0.15, -0.1) is 0 Å². The van der Waals surface area contributed by atoms with E-state index in [1.807, 2.05) is 0 Å². The summed E-state index contributed by atoms with van der Waals surface area (Å²) in [5, 5.41) is 0. The van der Waals surface area contributed by atoms with Gasteiger partial charge in [-0.05, 0) is 92.0 Å². The second kappa shape index (κ2) is 42.6. The molecule has 1 rings (SSSR count). The molecule has 0 amide bonds. The number of carbonyl (C=O) groups is 1. The second-order valence-corrected chi connectivity index (χ2v) is 19.0. The largest absolute Gasteiger partial charge is 0.298 e. The monoisotopic (exact) mass is 807 g/mol. The minimum Gasteiger partial charge on any atom is -0.298 e. The molecule has 0 bridgehead atoms. The first-order valence-electron chi connectivity index (χ1n) is 27.3. The van der Waals surface area contributed by atoms with Crippen molar-refractivity contribution >= 4 is 6.29 Å². The smallest absolute Gasteiger partial charge is 0.150 e. The molecule has 0 saturated carbocycles. The zero-order chi connectivity index (χ0) is 42.0. The number of aldehydes is 1. The Labute approximate surface area is 366 Å². The fraction of sp³-hybridized carbons (Fsp3) is 0.877. The van der Waals surface area contributed by atoms with Crippen molar-refractivity contribution in [2.75, 3.05) is 0 Å². The van der Waals surface area contributed by atoms with E-state index >= 15 is 0 Å². The topological polar surface area (TPSA) is 17.1 Å². The van der Waals surface area contributed by atoms with Crippen molar-refractivity contribution in [2.24, 2.45) is 0 Å². The molecule has 0 spiro atoms. The number of unbranched alkanes of at least 4 members (excludes halogenated alkanes) is 35. The Kier molecular flexibility index (Phi) is 40.3. The van der Waals surface area contributed by atoms with Crippen molar-refractivity contribution in [3.8, 4) is 0 Å². The molecular weight excluding hydrogens is 701 g/mol. The molecule has 1 aromatic carbocycles. The SMILES string of the molecule is CCCCCCCCCCc1c(C=O)c(CCCCCCCCCC)c(CCCCCCCCCC)c(CCCCCCCCCC)c1CCCCCCCCCC. The van der Waals surface area contributed by atoms with E-state index in [2.05, 4.69) is 34.6 Å². The summed E-state index contributed by atoms with van der Waals surface area (Å²) in [5.74, 6) is 0. The molecule has 1 aromatic rings. The fourth-order valence-corrected chi connectivity index (χ4v) is 9.85. The average Bonchev–Trinajstić information content (AvgIpc) is 3.23. The maximum atomic E-state index is 13.5. The standard InChI is InChI=1S/C57H106O/c1-6-11-16-21-26-31-36-41-46-52-53(47-42-37-32-27-22-17-12-7-2)55(49-44-39-34-29-24-19-14-9-4)57(51-58)56(50-45-40-35-30-25-20-15-10-5)54(52)48-43-38-33-28-23-18-13-8-3/h51H,6-50H2,1-5H3. The number of hydrogen-bond donors (Lipinski definition) is 0. The lowest BCUT2D eigenvalue weighted by molar-refractivity contribution is 0.112. The van der Waals surface area contributed by atoms with E-state index in [4.69, 9.17) is 0 Å². The van der Waals surface area contributed by atoms with Crippen LogP contribution in [0.5, 0.6) is 0 Å². The molecular formula is C57H106O. The molecule has 0 aromatic heterocycles. The normalized spacial score (nSPS) is 11.6. The number of hydrogen-bond acceptors (Lipinski definition) is 1. The molecule has 0 atom stereocenters. The maximum absolute atomic E-state index is 13.5. The lowest BCUT2D eigenvalue weighted by atomic mass is 9.78. The van der Waals surface area contributed by atoms with Crippen molar-refractivity contribution in [1.82, 2.24) is 0 Å². The summed E-state index contributed by atoms with van der Waals surface area (Å²) in [6.45, 7) is 11.6. The summed E-state index contributed by atoms with van der Waals surface area (Å²) in [6.07, 6.45) is 62.0. The van der Waals surface area contributed by atoms with E-state index in [0.717, 1.165) is 12.8 Å². The van der Waals surface area contributed by atoms with Crippen LogP contribution in [0.4, 0.5) is 0 Å². The zero-order valence-corrected chi connectivity index (χ0v) is 40.8. The Morgan fingerprint density at radius 1 is 0.224 bits per heavy atom. The highest BCUT2D eigenvalue weighted by atomic mass is 16.1. The first-order valence-corrected chi connectivity index (χ1v) is 27.3. The molecule has 0 unspecified atom stereocenters. The van der Waals surface area contributed by atoms with Gasteiger partial charge in [0.05, 0.1) is 0 Å². The highest BCUT2D eigenvalue weighted by Crippen LogP contribution is 2.35. The van der Waals surface area contributed by atoms with Crippen LogP contribution in [-0.4, -0.2) is 6.29 Å². The molecule has 0 N–H and O–H groups in total. The van der Waals surface area contributed by atoms with Gasteiger partial charge in [-0.2, -0.15) is 0 Å². The van der Waals surface area contributed by atoms with Gasteiger partial charge < -0.3 is 0 Å². The van der Waals surface area contributed by atoms with Gasteiger partial charge in [0.1, 0.15) is 0 Å². The van der Waals surface area contributed by atoms with Crippen LogP contribution in [0.25, 0.3) is 0 Å². The molecule has 0 aliphatic heterocycles. The van der Waals surface area contributed by atoms with Gasteiger partial charge in [0.25, 0.3) is 0 Å². The number of rotatable bonds is 46. The zero-order valence-electron chi connectivity index (χ0n) is 40.8. The number of benzene rings is 1. The molecule has 0 aliphatic rings. The number of carbonyl (C=O) groups excluding carboxylic acids is 1. The van der Waals surface area contributed by atoms with Crippen molar-refractivity contribution < 1.29 is 4.79 Å². The van der Waals surface area contributed by atoms with E-state index in [1.54, 1.807) is 16.7 Å². The summed E-state index contributed by atoms with van der Waals surface area (Å²) in [5.41, 5.74) is 9.32. The van der Waals surface area contributed by atoms with Gasteiger partial charge in [-0.3, -0.25) is 4.79 Å². The van der Waals surface area contributed by atoms with E-state index in [-0.39, 0.29) is 0 Å². The molecule has 340 valence electrons. The summed E-state index contributed by atoms with van der Waals surface area (Å²) in [4.78, 5) is 13.5. The first kappa shape index (κ1) is 54.9. The highest BCUT2D eigenvalue weighted by Gasteiger charge is 2.23. The van der Waals surface area contributed by atoms with Gasteiger partial charge in [0, 0.05) is 5.56 Å². The third-order valence-electron chi connectivity index (χ3n) is 13.6. The van der Waals surface area contributed by atoms with Gasteiger partial charge >= 0.3 is 0 Å². The Morgan fingerprint density at radius 3 is 0.569 bits per heavy atom. The second-order valence-electron chi connectivity index (χ2n) is 19.0. The third-order valence-corrected chi connectivity index (χ3v) is 13.6. The average molecular weight is 807 g/mol. The van der Waals surface area contributed by atoms with Gasteiger partial charge in [0.15, 0.2) is 6.29 Å². The molecule has 0 saturated heterocycles. The molecule has 0 fully saturated rings. The van der Waals surface area contributed by atoms with E-state index < -0.39 is 0 Å². The molecule has 0 heterocycles.